The number of allylic oxidation sites excluding steroid dienone is 5. The summed E-state index contributed by atoms with van der Waals surface area (Å²) in [5.74, 6) is -10.3. The zero-order valence-corrected chi connectivity index (χ0v) is 81.2. The molecule has 5 fully saturated rings. The summed E-state index contributed by atoms with van der Waals surface area (Å²) in [6.07, 6.45) is 17.0. The van der Waals surface area contributed by atoms with Gasteiger partial charge in [0.15, 0.2) is 11.7 Å². The molecule has 24 N–H and O–H groups in total. The third-order valence-corrected chi connectivity index (χ3v) is 28.7. The zero-order chi connectivity index (χ0) is 105. The number of fused-ring (bicyclic) bond motifs is 9. The minimum Gasteiger partial charge on any atom is -0.508 e. The molecule has 0 spiro atoms. The molecule has 10 aromatic rings. The number of aliphatic hydroxyl groups excluding tert-OH is 1. The molecular weight excluding hydrogens is 1870 g/mol. The maximum atomic E-state index is 15.1. The molecule has 0 radical (unpaired) electrons. The second-order valence-electron chi connectivity index (χ2n) is 38.9. The number of aliphatic imine (C=N–C) groups is 1. The smallest absolute Gasteiger partial charge is 0.339 e. The Hall–Kier alpha value is -16.4. The number of carboxylic acid groups (broad SMARTS) is 2. The number of ketones is 2. The van der Waals surface area contributed by atoms with Crippen LogP contribution in [0.25, 0.3) is 43.4 Å². The number of carbonyl (C=O) groups excluding carboxylic acids is 13. The number of guanidine groups is 1. The molecule has 11 amide bonds. The fourth-order valence-electron chi connectivity index (χ4n) is 21.2. The van der Waals surface area contributed by atoms with Crippen LogP contribution in [-0.4, -0.2) is 231 Å². The largest absolute Gasteiger partial charge is 0.508 e. The van der Waals surface area contributed by atoms with E-state index in [2.05, 4.69) is 99.3 Å². The molecule has 146 heavy (non-hydrogen) atoms. The molecular formula is C107H122N18O21. The van der Waals surface area contributed by atoms with Crippen LogP contribution in [0.4, 0.5) is 0 Å². The van der Waals surface area contributed by atoms with Gasteiger partial charge in [0, 0.05) is 126 Å². The number of likely N-dealkylation sites (tertiary alicyclic amines) is 1. The number of nitrogens with two attached hydrogens (primary N) is 3. The number of aromatic amines is 3. The summed E-state index contributed by atoms with van der Waals surface area (Å²) in [7, 11) is 0. The molecule has 2 saturated heterocycles. The molecule has 39 heteroatoms. The van der Waals surface area contributed by atoms with Crippen LogP contribution in [0.5, 0.6) is 17.2 Å². The van der Waals surface area contributed by atoms with Gasteiger partial charge in [-0.3, -0.25) is 67.3 Å². The number of nitrogens with one attached hydrogen (secondary N) is 12. The highest BCUT2D eigenvalue weighted by Gasteiger charge is 2.59. The molecule has 39 nitrogen and oxygen atoms in total. The maximum Gasteiger partial charge on any atom is 0.339 e. The number of rotatable bonds is 37. The maximum absolute atomic E-state index is 15.1. The van der Waals surface area contributed by atoms with Crippen molar-refractivity contribution < 1.29 is 103 Å². The average molecular weight is 2000 g/mol. The number of amides is 11. The van der Waals surface area contributed by atoms with Crippen molar-refractivity contribution in [2.75, 3.05) is 26.2 Å². The summed E-state index contributed by atoms with van der Waals surface area (Å²) in [5.41, 5.74) is 22.0. The number of aromatic hydroxyl groups is 3. The van der Waals surface area contributed by atoms with E-state index < -0.39 is 150 Å². The Labute approximate surface area is 839 Å². The number of Topliss-reactive ketones (excluding diaryl/α,β-unsaturated/α-hetero) is 1. The number of carboxylic acids is 2. The quantitative estimate of drug-likeness (QED) is 0.0118. The molecule has 3 saturated carbocycles. The lowest BCUT2D eigenvalue weighted by atomic mass is 9.48. The topological polar surface area (TPSA) is 640 Å². The minimum atomic E-state index is -1.80. The molecule has 0 bridgehead atoms. The Morgan fingerprint density at radius 2 is 1.12 bits per heavy atom. The van der Waals surface area contributed by atoms with E-state index in [1.54, 1.807) is 135 Å². The molecule has 16 rings (SSSR count). The molecule has 4 aliphatic carbocycles. The number of nitrogens with zero attached hydrogens (tertiary/aromatic N) is 3. The summed E-state index contributed by atoms with van der Waals surface area (Å²) in [6, 6.07) is 24.6. The van der Waals surface area contributed by atoms with Gasteiger partial charge in [0.05, 0.1) is 19.5 Å². The number of phenolic OH excluding ortho intramolecular Hbond substituents is 1. The van der Waals surface area contributed by atoms with E-state index in [1.165, 1.54) is 53.8 Å². The third-order valence-electron chi connectivity index (χ3n) is 28.7. The number of hydrogen-bond acceptors (Lipinski definition) is 21. The van der Waals surface area contributed by atoms with Gasteiger partial charge in [-0.1, -0.05) is 143 Å². The van der Waals surface area contributed by atoms with Gasteiger partial charge in [0.25, 0.3) is 0 Å². The SMILES string of the molecule is C=C1C[C@@H]2[C@H](CC[C@]3(C)C(=O)CC[C@@H]23)[C@@]2(C)C=CC(=O)C=C12.CC(C)C[C@H](NC(=O)[C@@H](Cc1c[nH]c2ccccc12)NC(=O)[C@H](Cc1ccc(O)cc1)NC(=O)[C@H](CO)NC(=O)[C@H](Cc1c[nH]c2ccccc12)NC(=O)[C@H](Cc1cnc[nH]1)NC(=O)[C@@H]1CCC(=O)N1)C(=O)N[C@@H](CCCN=C(N)N)C(=O)N1CCC[C@H]1C(=O)NCC(N)=O.O=C(O)c1cc2ccccc2c(Cc2c(O)c(C(=O)O)cc3ccccc23)c1O. The summed E-state index contributed by atoms with van der Waals surface area (Å²) in [4.78, 5) is 219. The highest BCUT2D eigenvalue weighted by atomic mass is 16.4. The van der Waals surface area contributed by atoms with Crippen LogP contribution in [0, 0.1) is 34.5 Å². The fraction of sp³-hybridized carbons (Fsp3) is 0.374. The molecule has 766 valence electrons. The second-order valence-corrected chi connectivity index (χ2v) is 38.9. The van der Waals surface area contributed by atoms with Gasteiger partial charge in [0.2, 0.25) is 65.0 Å². The number of aromatic carboxylic acids is 2. The van der Waals surface area contributed by atoms with E-state index in [4.69, 9.17) is 17.2 Å². The first-order valence-electron chi connectivity index (χ1n) is 48.7. The molecule has 14 atom stereocenters. The summed E-state index contributed by atoms with van der Waals surface area (Å²) >= 11 is 0. The van der Waals surface area contributed by atoms with Crippen molar-refractivity contribution in [3.63, 3.8) is 0 Å². The van der Waals surface area contributed by atoms with Crippen molar-refractivity contribution in [3.05, 3.63) is 239 Å². The Morgan fingerprint density at radius 1 is 0.589 bits per heavy atom. The van der Waals surface area contributed by atoms with Crippen LogP contribution in [-0.2, 0) is 94.4 Å². The van der Waals surface area contributed by atoms with Crippen molar-refractivity contribution in [3.8, 4) is 17.2 Å². The van der Waals surface area contributed by atoms with Crippen LogP contribution >= 0.6 is 0 Å². The Morgan fingerprint density at radius 3 is 1.65 bits per heavy atom. The second kappa shape index (κ2) is 46.4. The number of para-hydroxylation sites is 2. The number of H-pyrrole nitrogens is 3. The van der Waals surface area contributed by atoms with Crippen molar-refractivity contribution >= 4 is 138 Å². The van der Waals surface area contributed by atoms with Gasteiger partial charge in [0.1, 0.15) is 88.5 Å². The first kappa shape index (κ1) is 105. The molecule has 5 heterocycles. The first-order valence-corrected chi connectivity index (χ1v) is 48.7. The molecule has 6 aliphatic rings. The lowest BCUT2D eigenvalue weighted by molar-refractivity contribution is -0.142. The molecule has 7 aromatic carbocycles. The predicted octanol–water partition coefficient (Wildman–Crippen LogP) is 6.13. The van der Waals surface area contributed by atoms with Crippen LogP contribution in [0.1, 0.15) is 159 Å². The number of phenols is 3. The van der Waals surface area contributed by atoms with E-state index in [1.807, 2.05) is 0 Å². The monoisotopic (exact) mass is 1990 g/mol. The summed E-state index contributed by atoms with van der Waals surface area (Å²) < 4.78 is 0. The Bertz CT molecular complexity index is 6700. The van der Waals surface area contributed by atoms with Gasteiger partial charge in [-0.15, -0.1) is 0 Å². The van der Waals surface area contributed by atoms with Gasteiger partial charge in [-0.2, -0.15) is 0 Å². The Kier molecular flexibility index (Phi) is 33.5. The summed E-state index contributed by atoms with van der Waals surface area (Å²) in [6.45, 7) is 11.1. The van der Waals surface area contributed by atoms with Crippen LogP contribution < -0.4 is 65.1 Å². The average Bonchev–Trinajstić information content (AvgIpc) is 0.799. The normalized spacial score (nSPS) is 20.1. The van der Waals surface area contributed by atoms with Crippen molar-refractivity contribution in [2.24, 2.45) is 56.7 Å². The number of hydrogen-bond donors (Lipinski definition) is 21. The standard InChI is InChI=1S/C64H82N18O13.C23H16O6.C20H24O2/c1-34(2)23-46(56(88)75-45(13-7-21-69-64(66)67)63(95)82-22-8-14-52(82)62(94)72-31-53(65)85)76-58(90)48(25-36-28-70-42-11-5-3-9-40(36)42)78-57(89)47(24-35-15-17-39(84)18-16-35)77-61(93)51(32-83)81-59(91)49(26-37-29-71-43-12-6-4-10-41(37)43)79-60(92)50(27-38-30-68-33-73-38)80-55(87)44-19-20-54(86)74-44;24-20-16(14-7-3-1-5-12(14)9-18(20)22(26)27)11-17-15-8-4-2-6-13(15)10-19(21(17)25)23(28)29;1-12-10-14-15-4-5-18(22)20(15,3)9-7-16(14)19(2)8-6-13(21)11-17(12)19/h3-6,9-12,15-18,28-30,33-34,44-52,70-71,83-84H,7-8,13-14,19-27,31-32H2,1-2H3,(H2,65,85)(H,68,73)(H,72,94)(H,74,86)(H,75,88)(H,76,90)(H,77,93)(H,78,89)(H,79,92)(H,80,87)(H,81,91)(H4,66,67,69);1-10,24-25H,11H2,(H,26,27)(H,28,29);6,8,11,14-16H,1,4-5,7,9-10H2,2-3H3/t44-,45-,46-,47-,48+,49-,50-,51-,52-;;14-,15-,16-,19+,20-/m0.0/s1. The van der Waals surface area contributed by atoms with E-state index >= 15 is 9.59 Å². The van der Waals surface area contributed by atoms with Crippen LogP contribution in [0.3, 0.4) is 0 Å². The number of carbonyl (C=O) groups is 15. The van der Waals surface area contributed by atoms with Crippen molar-refractivity contribution in [1.29, 1.82) is 0 Å². The van der Waals surface area contributed by atoms with Gasteiger partial charge in [-0.25, -0.2) is 14.6 Å². The first-order chi connectivity index (χ1) is 69.8. The molecule has 0 unspecified atom stereocenters. The number of primary amides is 1. The highest BCUT2D eigenvalue weighted by Crippen LogP contribution is 2.64. The molecule has 2 aliphatic heterocycles. The minimum absolute atomic E-state index is 0.00905. The van der Waals surface area contributed by atoms with E-state index in [0.29, 0.717) is 107 Å². The number of aliphatic hydroxyl groups is 1. The number of aromatic nitrogens is 4. The third kappa shape index (κ3) is 24.6. The Balaban J connectivity index is 0.000000262. The highest BCUT2D eigenvalue weighted by molar-refractivity contribution is 6.06. The summed E-state index contributed by atoms with van der Waals surface area (Å²) in [5, 5.41) is 89.3. The molecule has 3 aromatic heterocycles. The zero-order valence-electron chi connectivity index (χ0n) is 81.2. The van der Waals surface area contributed by atoms with Gasteiger partial charge >= 0.3 is 11.9 Å². The van der Waals surface area contributed by atoms with Crippen molar-refractivity contribution in [1.82, 2.24) is 72.7 Å². The van der Waals surface area contributed by atoms with Crippen LogP contribution in [0.15, 0.2) is 199 Å². The lowest BCUT2D eigenvalue weighted by Crippen LogP contribution is -2.61. The van der Waals surface area contributed by atoms with E-state index in [0.717, 1.165) is 43.3 Å². The van der Waals surface area contributed by atoms with E-state index in [-0.39, 0.29) is 135 Å². The van der Waals surface area contributed by atoms with Gasteiger partial charge in [-0.05, 0) is 180 Å². The fourth-order valence-corrected chi connectivity index (χ4v) is 21.2. The number of benzene rings is 7. The lowest BCUT2D eigenvalue weighted by Gasteiger charge is -2.56. The predicted molar refractivity (Wildman–Crippen MR) is 540 cm³/mol. The van der Waals surface area contributed by atoms with Crippen LogP contribution in [0.2, 0.25) is 0 Å². The number of imidazole rings is 1. The van der Waals surface area contributed by atoms with Crippen molar-refractivity contribution in [2.45, 2.75) is 191 Å². The van der Waals surface area contributed by atoms with E-state index in [9.17, 15) is 93.0 Å². The van der Waals surface area contributed by atoms with Gasteiger partial charge < -0.3 is 116 Å².